The van der Waals surface area contributed by atoms with Gasteiger partial charge >= 0.3 is 0 Å². The second kappa shape index (κ2) is 3.19. The van der Waals surface area contributed by atoms with Gasteiger partial charge in [0.05, 0.1) is 8.07 Å². The standard InChI is InChI=1S/C7H20OSi2/c1-7(2,8-9-3)10(4,5)6/h9H2,1-6H3. The summed E-state index contributed by atoms with van der Waals surface area (Å²) in [7, 11) is -1.33. The maximum absolute atomic E-state index is 5.79. The van der Waals surface area contributed by atoms with Crippen LogP contribution in [-0.4, -0.2) is 23.1 Å². The lowest BCUT2D eigenvalue weighted by Gasteiger charge is -2.37. The zero-order valence-electron chi connectivity index (χ0n) is 8.12. The van der Waals surface area contributed by atoms with Gasteiger partial charge in [-0.1, -0.05) is 26.2 Å². The summed E-state index contributed by atoms with van der Waals surface area (Å²) < 4.78 is 5.79. The summed E-state index contributed by atoms with van der Waals surface area (Å²) in [5.41, 5.74) is 0. The highest BCUT2D eigenvalue weighted by Gasteiger charge is 2.34. The first-order valence-electron chi connectivity index (χ1n) is 3.95. The first kappa shape index (κ1) is 10.4. The van der Waals surface area contributed by atoms with Crippen LogP contribution < -0.4 is 0 Å². The first-order chi connectivity index (χ1) is 4.31. The maximum Gasteiger partial charge on any atom is 0.158 e. The van der Waals surface area contributed by atoms with E-state index in [2.05, 4.69) is 40.0 Å². The molecule has 0 heterocycles. The average Bonchev–Trinajstić information content (AvgIpc) is 1.61. The van der Waals surface area contributed by atoms with Gasteiger partial charge in [0.25, 0.3) is 0 Å². The third kappa shape index (κ3) is 2.56. The summed E-state index contributed by atoms with van der Waals surface area (Å²) in [6.45, 7) is 13.7. The summed E-state index contributed by atoms with van der Waals surface area (Å²) in [6.07, 6.45) is 0. The van der Waals surface area contributed by atoms with Gasteiger partial charge in [0.2, 0.25) is 0 Å². The number of rotatable bonds is 3. The van der Waals surface area contributed by atoms with Crippen molar-refractivity contribution < 1.29 is 4.43 Å². The second-order valence-corrected chi connectivity index (χ2v) is 10.8. The Labute approximate surface area is 68.1 Å². The Kier molecular flexibility index (Phi) is 3.32. The Morgan fingerprint density at radius 1 is 1.20 bits per heavy atom. The van der Waals surface area contributed by atoms with E-state index in [-0.39, 0.29) is 15.0 Å². The predicted molar refractivity (Wildman–Crippen MR) is 52.9 cm³/mol. The summed E-state index contributed by atoms with van der Waals surface area (Å²) in [6, 6.07) is 0. The molecule has 0 aliphatic carbocycles. The zero-order chi connectivity index (χ0) is 8.41. The molecule has 0 rings (SSSR count). The summed E-state index contributed by atoms with van der Waals surface area (Å²) >= 11 is 0. The van der Waals surface area contributed by atoms with E-state index in [1.165, 1.54) is 0 Å². The maximum atomic E-state index is 5.79. The van der Waals surface area contributed by atoms with Crippen molar-refractivity contribution >= 4 is 17.8 Å². The van der Waals surface area contributed by atoms with Crippen LogP contribution in [0.2, 0.25) is 26.2 Å². The highest BCUT2D eigenvalue weighted by Crippen LogP contribution is 2.22. The van der Waals surface area contributed by atoms with Crippen LogP contribution in [0.25, 0.3) is 0 Å². The van der Waals surface area contributed by atoms with Crippen LogP contribution in [0, 0.1) is 0 Å². The molecule has 0 unspecified atom stereocenters. The van der Waals surface area contributed by atoms with E-state index in [1.807, 2.05) is 0 Å². The van der Waals surface area contributed by atoms with Crippen LogP contribution in [0.4, 0.5) is 0 Å². The molecule has 1 nitrogen and oxygen atoms in total. The van der Waals surface area contributed by atoms with Crippen LogP contribution in [0.3, 0.4) is 0 Å². The average molecular weight is 176 g/mol. The van der Waals surface area contributed by atoms with Crippen molar-refractivity contribution in [3.05, 3.63) is 0 Å². The Hall–Kier alpha value is 0.394. The van der Waals surface area contributed by atoms with Gasteiger partial charge in [-0.05, 0) is 13.8 Å². The first-order valence-corrected chi connectivity index (χ1v) is 9.44. The molecule has 0 saturated carbocycles. The molecule has 0 N–H and O–H groups in total. The van der Waals surface area contributed by atoms with Crippen LogP contribution in [0.1, 0.15) is 13.8 Å². The van der Waals surface area contributed by atoms with Gasteiger partial charge in [0.1, 0.15) is 0 Å². The molecule has 0 radical (unpaired) electrons. The van der Waals surface area contributed by atoms with E-state index in [0.29, 0.717) is 0 Å². The molecular weight excluding hydrogens is 156 g/mol. The van der Waals surface area contributed by atoms with Gasteiger partial charge in [-0.3, -0.25) is 0 Å². The Balaban J connectivity index is 4.10. The van der Waals surface area contributed by atoms with E-state index in [4.69, 9.17) is 4.43 Å². The Morgan fingerprint density at radius 3 is 1.70 bits per heavy atom. The molecule has 3 heteroatoms. The van der Waals surface area contributed by atoms with Crippen molar-refractivity contribution in [1.29, 1.82) is 0 Å². The highest BCUT2D eigenvalue weighted by molar-refractivity contribution is 6.79. The minimum Gasteiger partial charge on any atom is -0.422 e. The lowest BCUT2D eigenvalue weighted by Crippen LogP contribution is -2.49. The van der Waals surface area contributed by atoms with E-state index in [1.54, 1.807) is 0 Å². The van der Waals surface area contributed by atoms with Gasteiger partial charge in [0, 0.05) is 5.22 Å². The fourth-order valence-electron chi connectivity index (χ4n) is 0.577. The molecule has 0 aromatic heterocycles. The summed E-state index contributed by atoms with van der Waals surface area (Å²) in [5, 5.41) is 0.188. The third-order valence-electron chi connectivity index (χ3n) is 2.31. The molecule has 0 bridgehead atoms. The Bertz CT molecular complexity index is 105. The summed E-state index contributed by atoms with van der Waals surface area (Å²) in [4.78, 5) is 0. The van der Waals surface area contributed by atoms with Crippen LogP contribution in [-0.2, 0) is 4.43 Å². The van der Waals surface area contributed by atoms with E-state index in [9.17, 15) is 0 Å². The fourth-order valence-corrected chi connectivity index (χ4v) is 3.46. The highest BCUT2D eigenvalue weighted by atomic mass is 28.3. The third-order valence-corrected chi connectivity index (χ3v) is 7.37. The molecule has 0 aromatic rings. The zero-order valence-corrected chi connectivity index (χ0v) is 10.5. The molecule has 0 aromatic carbocycles. The molecule has 0 saturated heterocycles. The minimum absolute atomic E-state index is 0.188. The van der Waals surface area contributed by atoms with Crippen LogP contribution in [0.5, 0.6) is 0 Å². The SMILES string of the molecule is C[SiH2]OC(C)(C)[Si](C)(C)C. The van der Waals surface area contributed by atoms with Crippen molar-refractivity contribution in [2.75, 3.05) is 0 Å². The molecule has 0 fully saturated rings. The molecule has 0 spiro atoms. The van der Waals surface area contributed by atoms with Crippen molar-refractivity contribution in [3.63, 3.8) is 0 Å². The van der Waals surface area contributed by atoms with Gasteiger partial charge in [-0.25, -0.2) is 0 Å². The molecule has 0 atom stereocenters. The normalized spacial score (nSPS) is 15.0. The van der Waals surface area contributed by atoms with E-state index < -0.39 is 8.07 Å². The predicted octanol–water partition coefficient (Wildman–Crippen LogP) is 1.79. The molecule has 0 aliphatic heterocycles. The lowest BCUT2D eigenvalue weighted by atomic mass is 10.5. The molecule has 62 valence electrons. The van der Waals surface area contributed by atoms with Crippen LogP contribution >= 0.6 is 0 Å². The van der Waals surface area contributed by atoms with Crippen LogP contribution in [0.15, 0.2) is 0 Å². The lowest BCUT2D eigenvalue weighted by molar-refractivity contribution is 0.197. The second-order valence-electron chi connectivity index (χ2n) is 4.19. The fraction of sp³-hybridized carbons (Fsp3) is 1.00. The number of hydrogen-bond donors (Lipinski definition) is 0. The van der Waals surface area contributed by atoms with E-state index >= 15 is 0 Å². The van der Waals surface area contributed by atoms with Gasteiger partial charge in [0.15, 0.2) is 9.76 Å². The number of hydrogen-bond acceptors (Lipinski definition) is 1. The Morgan fingerprint density at radius 2 is 1.60 bits per heavy atom. The van der Waals surface area contributed by atoms with Crippen molar-refractivity contribution in [3.8, 4) is 0 Å². The largest absolute Gasteiger partial charge is 0.422 e. The van der Waals surface area contributed by atoms with Crippen molar-refractivity contribution in [2.45, 2.75) is 45.3 Å². The molecular formula is C7H20OSi2. The van der Waals surface area contributed by atoms with Gasteiger partial charge < -0.3 is 4.43 Å². The minimum atomic E-state index is -1.09. The molecule has 0 amide bonds. The molecule has 10 heavy (non-hydrogen) atoms. The van der Waals surface area contributed by atoms with Crippen molar-refractivity contribution in [2.24, 2.45) is 0 Å². The summed E-state index contributed by atoms with van der Waals surface area (Å²) in [5.74, 6) is 0. The smallest absolute Gasteiger partial charge is 0.158 e. The quantitative estimate of drug-likeness (QED) is 0.596. The molecule has 0 aliphatic rings. The van der Waals surface area contributed by atoms with Crippen molar-refractivity contribution in [1.82, 2.24) is 0 Å². The van der Waals surface area contributed by atoms with Gasteiger partial charge in [-0.2, -0.15) is 0 Å². The van der Waals surface area contributed by atoms with Gasteiger partial charge in [-0.15, -0.1) is 0 Å². The monoisotopic (exact) mass is 176 g/mol. The topological polar surface area (TPSA) is 9.23 Å². The van der Waals surface area contributed by atoms with E-state index in [0.717, 1.165) is 0 Å².